The van der Waals surface area contributed by atoms with Gasteiger partial charge in [-0.1, -0.05) is 0 Å². The average molecular weight is 266 g/mol. The maximum absolute atomic E-state index is 3.43. The van der Waals surface area contributed by atoms with Crippen LogP contribution in [0, 0.1) is 6.33 Å². The van der Waals surface area contributed by atoms with Crippen LogP contribution in [0.3, 0.4) is 0 Å². The molecular weight excluding hydrogens is 264 g/mol. The minimum atomic E-state index is 0. The van der Waals surface area contributed by atoms with Crippen LogP contribution in [0.15, 0.2) is 6.33 Å². The van der Waals surface area contributed by atoms with Gasteiger partial charge in [0.15, 0.2) is 0 Å². The number of rotatable bonds is 0. The average Bonchev–Trinajstić information content (AvgIpc) is 1.76. The maximum atomic E-state index is 3.43. The van der Waals surface area contributed by atoms with E-state index in [1.807, 2.05) is 0 Å². The van der Waals surface area contributed by atoms with Gasteiger partial charge in [0, 0.05) is 0 Å². The van der Waals surface area contributed by atoms with Gasteiger partial charge in [-0.15, -0.1) is 0 Å². The van der Waals surface area contributed by atoms with Gasteiger partial charge >= 0.3 is 26.2 Å². The number of nitrogens with zero attached hydrogens (tertiary/aromatic N) is 2. The van der Waals surface area contributed by atoms with Crippen LogP contribution >= 0.6 is 0 Å². The number of hydrogen-bond acceptors (Lipinski definition) is 2. The number of halogens is 3. The summed E-state index contributed by atoms with van der Waals surface area (Å²) in [6.07, 6.45) is 3.76. The summed E-state index contributed by atoms with van der Waals surface area (Å²) in [6.45, 7) is 0. The van der Waals surface area contributed by atoms with Crippen molar-refractivity contribution in [1.82, 2.24) is 15.2 Å². The predicted octanol–water partition coefficient (Wildman–Crippen LogP) is -9.39. The first-order valence-corrected chi connectivity index (χ1v) is 1.22. The Morgan fingerprint density at radius 1 is 1.22 bits per heavy atom. The SMILES string of the molecule is [Cl-].[Cl-].[Cl-].[Zr+4].[c-]1nc[nH]n1. The van der Waals surface area contributed by atoms with E-state index in [1.165, 1.54) is 6.33 Å². The van der Waals surface area contributed by atoms with Crippen LogP contribution in [0.4, 0.5) is 0 Å². The van der Waals surface area contributed by atoms with Crippen molar-refractivity contribution >= 4 is 0 Å². The van der Waals surface area contributed by atoms with E-state index in [0.29, 0.717) is 0 Å². The molecule has 9 heavy (non-hydrogen) atoms. The first kappa shape index (κ1) is 22.5. The molecule has 0 radical (unpaired) electrons. The molecule has 0 saturated heterocycles. The number of aromatic amines is 1. The molecule has 50 valence electrons. The van der Waals surface area contributed by atoms with Gasteiger partial charge in [0.2, 0.25) is 0 Å². The first-order chi connectivity index (χ1) is 2.50. The van der Waals surface area contributed by atoms with Gasteiger partial charge in [-0.3, -0.25) is 5.10 Å². The molecule has 0 spiro atoms. The van der Waals surface area contributed by atoms with Gasteiger partial charge in [-0.05, 0) is 12.7 Å². The summed E-state index contributed by atoms with van der Waals surface area (Å²) in [4.78, 5) is 3.43. The van der Waals surface area contributed by atoms with E-state index in [4.69, 9.17) is 0 Å². The first-order valence-electron chi connectivity index (χ1n) is 1.22. The van der Waals surface area contributed by atoms with Gasteiger partial charge < -0.3 is 47.3 Å². The molecule has 0 aromatic carbocycles. The molecule has 0 amide bonds. The summed E-state index contributed by atoms with van der Waals surface area (Å²) in [6, 6.07) is 0. The van der Waals surface area contributed by atoms with Crippen LogP contribution < -0.4 is 37.2 Å². The molecule has 3 nitrogen and oxygen atoms in total. The molecule has 1 aromatic heterocycles. The fourth-order valence-corrected chi connectivity index (χ4v) is 0.144. The number of H-pyrrole nitrogens is 1. The number of aromatic nitrogens is 3. The quantitative estimate of drug-likeness (QED) is 0.474. The molecule has 0 aliphatic rings. The van der Waals surface area contributed by atoms with Crippen molar-refractivity contribution in [3.8, 4) is 0 Å². The standard InChI is InChI=1S/C2H2N3.3ClH.Zr/c1-3-2-5-4-1;;;;/h1H,(H,3,4,5);3*1H;/q-1;;;;+4/p-3. The van der Waals surface area contributed by atoms with E-state index in [1.54, 1.807) is 0 Å². The molecule has 0 saturated carbocycles. The van der Waals surface area contributed by atoms with Gasteiger partial charge in [-0.25, -0.2) is 0 Å². The number of hydrogen-bond donors (Lipinski definition) is 1. The Morgan fingerprint density at radius 2 is 1.78 bits per heavy atom. The van der Waals surface area contributed by atoms with E-state index >= 15 is 0 Å². The minimum absolute atomic E-state index is 0. The molecule has 1 N–H and O–H groups in total. The molecule has 0 aliphatic heterocycles. The molecular formula is C2H2Cl3N3Zr. The van der Waals surface area contributed by atoms with E-state index < -0.39 is 0 Å². The van der Waals surface area contributed by atoms with Crippen molar-refractivity contribution < 1.29 is 63.4 Å². The summed E-state index contributed by atoms with van der Waals surface area (Å²) in [5, 5.41) is 5.81. The predicted molar refractivity (Wildman–Crippen MR) is 15.2 cm³/mol. The zero-order valence-corrected chi connectivity index (χ0v) is 8.83. The van der Waals surface area contributed by atoms with Crippen molar-refractivity contribution in [2.24, 2.45) is 0 Å². The zero-order chi connectivity index (χ0) is 3.54. The fourth-order valence-electron chi connectivity index (χ4n) is 0.144. The molecule has 1 aromatic rings. The topological polar surface area (TPSA) is 41.6 Å². The van der Waals surface area contributed by atoms with Gasteiger partial charge in [0.05, 0.1) is 0 Å². The van der Waals surface area contributed by atoms with Crippen LogP contribution in [0.1, 0.15) is 0 Å². The Bertz CT molecular complexity index is 73.5. The zero-order valence-electron chi connectivity index (χ0n) is 4.11. The second-order valence-electron chi connectivity index (χ2n) is 0.599. The Balaban J connectivity index is -0.0000000312. The third-order valence-corrected chi connectivity index (χ3v) is 0.295. The van der Waals surface area contributed by atoms with Crippen molar-refractivity contribution in [3.05, 3.63) is 12.7 Å². The molecule has 0 atom stereocenters. The Kier molecular flexibility index (Phi) is 39.9. The van der Waals surface area contributed by atoms with Gasteiger partial charge in [-0.2, -0.15) is 0 Å². The molecule has 0 fully saturated rings. The third-order valence-electron chi connectivity index (χ3n) is 0.295. The second-order valence-corrected chi connectivity index (χ2v) is 0.599. The van der Waals surface area contributed by atoms with Crippen molar-refractivity contribution in [2.45, 2.75) is 0 Å². The summed E-state index contributed by atoms with van der Waals surface area (Å²) in [7, 11) is 0. The summed E-state index contributed by atoms with van der Waals surface area (Å²) in [5.74, 6) is 0. The maximum Gasteiger partial charge on any atom is 4.00 e. The largest absolute Gasteiger partial charge is 4.00 e. The molecule has 7 heteroatoms. The van der Waals surface area contributed by atoms with Crippen LogP contribution in [0.5, 0.6) is 0 Å². The van der Waals surface area contributed by atoms with Crippen molar-refractivity contribution in [2.75, 3.05) is 0 Å². The van der Waals surface area contributed by atoms with Gasteiger partial charge in [0.25, 0.3) is 0 Å². The fraction of sp³-hybridized carbons (Fsp3) is 0. The molecule has 1 rings (SSSR count). The van der Waals surface area contributed by atoms with Crippen molar-refractivity contribution in [3.63, 3.8) is 0 Å². The summed E-state index contributed by atoms with van der Waals surface area (Å²) in [5.41, 5.74) is 0. The van der Waals surface area contributed by atoms with E-state index in [9.17, 15) is 0 Å². The third kappa shape index (κ3) is 12.2. The van der Waals surface area contributed by atoms with E-state index in [2.05, 4.69) is 21.5 Å². The monoisotopic (exact) mass is 263 g/mol. The molecule has 0 unspecified atom stereocenters. The van der Waals surface area contributed by atoms with Gasteiger partial charge in [0.1, 0.15) is 0 Å². The second kappa shape index (κ2) is 16.0. The smallest absolute Gasteiger partial charge is 1.00 e. The van der Waals surface area contributed by atoms with Crippen molar-refractivity contribution in [1.29, 1.82) is 0 Å². The van der Waals surface area contributed by atoms with Crippen LogP contribution in [0.25, 0.3) is 0 Å². The molecule has 1 heterocycles. The normalized spacial score (nSPS) is 4.44. The summed E-state index contributed by atoms with van der Waals surface area (Å²) < 4.78 is 0. The Hall–Kier alpha value is 0.893. The number of nitrogens with one attached hydrogen (secondary N) is 1. The van der Waals surface area contributed by atoms with E-state index in [0.717, 1.165) is 0 Å². The van der Waals surface area contributed by atoms with Crippen LogP contribution in [-0.4, -0.2) is 15.2 Å². The van der Waals surface area contributed by atoms with E-state index in [-0.39, 0.29) is 63.4 Å². The van der Waals surface area contributed by atoms with Crippen LogP contribution in [0.2, 0.25) is 0 Å². The summed E-state index contributed by atoms with van der Waals surface area (Å²) >= 11 is 0. The molecule has 0 aliphatic carbocycles. The van der Waals surface area contributed by atoms with Crippen LogP contribution in [-0.2, 0) is 26.2 Å². The Morgan fingerprint density at radius 3 is 1.89 bits per heavy atom. The minimum Gasteiger partial charge on any atom is -1.00 e. The molecule has 0 bridgehead atoms. The Labute approximate surface area is 90.8 Å².